The van der Waals surface area contributed by atoms with Gasteiger partial charge in [-0.1, -0.05) is 60.6 Å². The minimum absolute atomic E-state index is 0.0457. The lowest BCUT2D eigenvalue weighted by Crippen LogP contribution is -2.46. The highest BCUT2D eigenvalue weighted by atomic mass is 16.6. The molecule has 0 spiro atoms. The number of morpholine rings is 1. The van der Waals surface area contributed by atoms with Gasteiger partial charge in [0.15, 0.2) is 6.61 Å². The molecule has 1 aliphatic heterocycles. The highest BCUT2D eigenvalue weighted by molar-refractivity contribution is 6.24. The first-order valence-corrected chi connectivity index (χ1v) is 9.06. The number of amides is 1. The van der Waals surface area contributed by atoms with Gasteiger partial charge >= 0.3 is 0 Å². The van der Waals surface area contributed by atoms with Crippen molar-refractivity contribution in [2.24, 2.45) is 5.16 Å². The first kappa shape index (κ1) is 16.8. The molecular weight excluding hydrogens is 328 g/mol. The Morgan fingerprint density at radius 1 is 1.12 bits per heavy atom. The van der Waals surface area contributed by atoms with Gasteiger partial charge < -0.3 is 14.5 Å². The Hall–Kier alpha value is -2.66. The highest BCUT2D eigenvalue weighted by Crippen LogP contribution is 2.36. The zero-order valence-corrected chi connectivity index (χ0v) is 14.9. The standard InChI is InChI=1S/C21H22N2O3/c1-2-15-13-23(11-12-25-15)20(24)14-26-22-21-18-9-5-3-7-16(18)17-8-4-6-10-19(17)21/h3-10,15H,2,11-14H2,1H3/t15-/m0/s1. The summed E-state index contributed by atoms with van der Waals surface area (Å²) in [6, 6.07) is 16.3. The van der Waals surface area contributed by atoms with Crippen LogP contribution in [-0.2, 0) is 14.4 Å². The van der Waals surface area contributed by atoms with Gasteiger partial charge in [-0.2, -0.15) is 0 Å². The van der Waals surface area contributed by atoms with Gasteiger partial charge in [0.05, 0.1) is 12.7 Å². The lowest BCUT2D eigenvalue weighted by Gasteiger charge is -2.32. The second-order valence-electron chi connectivity index (χ2n) is 6.55. The summed E-state index contributed by atoms with van der Waals surface area (Å²) in [6.07, 6.45) is 1.02. The molecule has 1 heterocycles. The lowest BCUT2D eigenvalue weighted by molar-refractivity contribution is -0.143. The number of benzene rings is 2. The van der Waals surface area contributed by atoms with Crippen molar-refractivity contribution in [2.45, 2.75) is 19.4 Å². The van der Waals surface area contributed by atoms with E-state index in [1.807, 2.05) is 36.4 Å². The van der Waals surface area contributed by atoms with Crippen LogP contribution >= 0.6 is 0 Å². The predicted octanol–water partition coefficient (Wildman–Crippen LogP) is 3.07. The summed E-state index contributed by atoms with van der Waals surface area (Å²) in [6.45, 7) is 3.84. The molecule has 134 valence electrons. The lowest BCUT2D eigenvalue weighted by atomic mass is 10.1. The number of hydrogen-bond donors (Lipinski definition) is 0. The summed E-state index contributed by atoms with van der Waals surface area (Å²) in [7, 11) is 0. The molecule has 2 aromatic carbocycles. The van der Waals surface area contributed by atoms with Crippen molar-refractivity contribution < 1.29 is 14.4 Å². The topological polar surface area (TPSA) is 51.1 Å². The van der Waals surface area contributed by atoms with Gasteiger partial charge in [0.2, 0.25) is 0 Å². The van der Waals surface area contributed by atoms with Crippen molar-refractivity contribution >= 4 is 11.6 Å². The fraction of sp³-hybridized carbons (Fsp3) is 0.333. The second kappa shape index (κ2) is 7.30. The highest BCUT2D eigenvalue weighted by Gasteiger charge is 2.26. The van der Waals surface area contributed by atoms with Crippen LogP contribution in [0.15, 0.2) is 53.7 Å². The summed E-state index contributed by atoms with van der Waals surface area (Å²) in [5, 5.41) is 4.32. The van der Waals surface area contributed by atoms with E-state index in [2.05, 4.69) is 24.2 Å². The number of rotatable bonds is 4. The molecule has 5 heteroatoms. The molecule has 0 radical (unpaired) electrons. The van der Waals surface area contributed by atoms with Crippen LogP contribution < -0.4 is 0 Å². The van der Waals surface area contributed by atoms with Gasteiger partial charge in [-0.15, -0.1) is 0 Å². The molecule has 5 nitrogen and oxygen atoms in total. The van der Waals surface area contributed by atoms with E-state index >= 15 is 0 Å². The summed E-state index contributed by atoms with van der Waals surface area (Å²) in [5.74, 6) is -0.0457. The molecule has 2 aromatic rings. The molecule has 0 N–H and O–H groups in total. The number of oxime groups is 1. The Kier molecular flexibility index (Phi) is 4.71. The van der Waals surface area contributed by atoms with Crippen LogP contribution in [0.4, 0.5) is 0 Å². The Labute approximate surface area is 153 Å². The van der Waals surface area contributed by atoms with Crippen molar-refractivity contribution in [3.05, 3.63) is 59.7 Å². The normalized spacial score (nSPS) is 18.3. The van der Waals surface area contributed by atoms with Crippen LogP contribution in [-0.4, -0.2) is 48.9 Å². The van der Waals surface area contributed by atoms with Crippen LogP contribution in [0.2, 0.25) is 0 Å². The van der Waals surface area contributed by atoms with Crippen LogP contribution in [0.25, 0.3) is 11.1 Å². The monoisotopic (exact) mass is 350 g/mol. The molecular formula is C21H22N2O3. The van der Waals surface area contributed by atoms with E-state index in [4.69, 9.17) is 9.57 Å². The van der Waals surface area contributed by atoms with Gasteiger partial charge in [0, 0.05) is 24.2 Å². The molecule has 0 unspecified atom stereocenters. The Balaban J connectivity index is 1.48. The van der Waals surface area contributed by atoms with E-state index in [1.165, 1.54) is 0 Å². The molecule has 2 aliphatic rings. The molecule has 0 bridgehead atoms. The minimum Gasteiger partial charge on any atom is -0.385 e. The zero-order valence-electron chi connectivity index (χ0n) is 14.9. The molecule has 4 rings (SSSR count). The van der Waals surface area contributed by atoms with Gasteiger partial charge in [-0.3, -0.25) is 4.79 Å². The number of carbonyl (C=O) groups is 1. The van der Waals surface area contributed by atoms with Crippen LogP contribution in [0.3, 0.4) is 0 Å². The summed E-state index contributed by atoms with van der Waals surface area (Å²) in [5.41, 5.74) is 5.17. The molecule has 1 amide bonds. The van der Waals surface area contributed by atoms with Crippen molar-refractivity contribution in [1.82, 2.24) is 4.90 Å². The first-order valence-electron chi connectivity index (χ1n) is 9.06. The maximum Gasteiger partial charge on any atom is 0.263 e. The van der Waals surface area contributed by atoms with Crippen LogP contribution in [0, 0.1) is 0 Å². The maximum absolute atomic E-state index is 12.4. The van der Waals surface area contributed by atoms with Crippen LogP contribution in [0.5, 0.6) is 0 Å². The van der Waals surface area contributed by atoms with E-state index in [1.54, 1.807) is 4.90 Å². The molecule has 26 heavy (non-hydrogen) atoms. The van der Waals surface area contributed by atoms with Crippen molar-refractivity contribution in [1.29, 1.82) is 0 Å². The smallest absolute Gasteiger partial charge is 0.263 e. The minimum atomic E-state index is -0.0513. The average molecular weight is 350 g/mol. The molecule has 1 aliphatic carbocycles. The number of fused-ring (bicyclic) bond motifs is 3. The average Bonchev–Trinajstić information content (AvgIpc) is 3.02. The Morgan fingerprint density at radius 2 is 1.73 bits per heavy atom. The third-order valence-corrected chi connectivity index (χ3v) is 4.95. The van der Waals surface area contributed by atoms with E-state index in [9.17, 15) is 4.79 Å². The largest absolute Gasteiger partial charge is 0.385 e. The van der Waals surface area contributed by atoms with E-state index in [0.29, 0.717) is 19.7 Å². The molecule has 1 fully saturated rings. The number of carbonyl (C=O) groups excluding carboxylic acids is 1. The zero-order chi connectivity index (χ0) is 17.9. The Morgan fingerprint density at radius 3 is 2.35 bits per heavy atom. The summed E-state index contributed by atoms with van der Waals surface area (Å²) in [4.78, 5) is 19.7. The predicted molar refractivity (Wildman–Crippen MR) is 100 cm³/mol. The third kappa shape index (κ3) is 3.10. The first-order chi connectivity index (χ1) is 12.8. The molecule has 0 aromatic heterocycles. The summed E-state index contributed by atoms with van der Waals surface area (Å²) >= 11 is 0. The van der Waals surface area contributed by atoms with Crippen molar-refractivity contribution in [3.8, 4) is 11.1 Å². The third-order valence-electron chi connectivity index (χ3n) is 4.95. The van der Waals surface area contributed by atoms with Gasteiger partial charge in [0.1, 0.15) is 5.71 Å². The molecule has 1 saturated heterocycles. The number of nitrogens with zero attached hydrogens (tertiary/aromatic N) is 2. The molecule has 1 atom stereocenters. The van der Waals surface area contributed by atoms with Crippen molar-refractivity contribution in [2.75, 3.05) is 26.3 Å². The fourth-order valence-corrected chi connectivity index (χ4v) is 3.53. The van der Waals surface area contributed by atoms with Gasteiger partial charge in [-0.25, -0.2) is 0 Å². The summed E-state index contributed by atoms with van der Waals surface area (Å²) < 4.78 is 5.61. The van der Waals surface area contributed by atoms with E-state index in [0.717, 1.165) is 34.4 Å². The molecule has 0 saturated carbocycles. The number of ether oxygens (including phenoxy) is 1. The maximum atomic E-state index is 12.4. The van der Waals surface area contributed by atoms with Crippen molar-refractivity contribution in [3.63, 3.8) is 0 Å². The Bertz CT molecular complexity index is 799. The van der Waals surface area contributed by atoms with Gasteiger partial charge in [-0.05, 0) is 17.5 Å². The SMILES string of the molecule is CC[C@H]1CN(C(=O)CON=C2c3ccccc3-c3ccccc32)CCO1. The quantitative estimate of drug-likeness (QED) is 0.680. The van der Waals surface area contributed by atoms with Crippen LogP contribution in [0.1, 0.15) is 24.5 Å². The van der Waals surface area contributed by atoms with Gasteiger partial charge in [0.25, 0.3) is 5.91 Å². The van der Waals surface area contributed by atoms with E-state index in [-0.39, 0.29) is 18.6 Å². The van der Waals surface area contributed by atoms with E-state index < -0.39 is 0 Å². The fourth-order valence-electron chi connectivity index (χ4n) is 3.53. The second-order valence-corrected chi connectivity index (χ2v) is 6.55. The number of hydrogen-bond acceptors (Lipinski definition) is 4.